The number of rotatable bonds is 6. The highest BCUT2D eigenvalue weighted by Crippen LogP contribution is 2.68. The Bertz CT molecular complexity index is 1920. The summed E-state index contributed by atoms with van der Waals surface area (Å²) >= 11 is 3.33. The minimum atomic E-state index is -5.03. The molecule has 3 atom stereocenters. The zero-order valence-corrected chi connectivity index (χ0v) is 28.2. The third-order valence-electron chi connectivity index (χ3n) is 8.37. The van der Waals surface area contributed by atoms with Gasteiger partial charge in [-0.25, -0.2) is 18.6 Å². The molecule has 1 unspecified atom stereocenters. The predicted octanol–water partition coefficient (Wildman–Crippen LogP) is 5.98. The lowest BCUT2D eigenvalue weighted by Gasteiger charge is -2.43. The van der Waals surface area contributed by atoms with Crippen molar-refractivity contribution in [3.8, 4) is 11.8 Å². The van der Waals surface area contributed by atoms with Gasteiger partial charge >= 0.3 is 12.3 Å². The number of nitrogens with one attached hydrogen (secondary N) is 1. The largest absolute Gasteiger partial charge is 0.444 e. The first-order valence-electron chi connectivity index (χ1n) is 15.3. The van der Waals surface area contributed by atoms with E-state index in [-0.39, 0.29) is 47.4 Å². The monoisotopic (exact) mass is 771 g/mol. The molecule has 50 heavy (non-hydrogen) atoms. The number of hydrogen-bond donors (Lipinski definition) is 2. The molecule has 9 nitrogen and oxygen atoms in total. The molecule has 6 rings (SSSR count). The molecule has 1 saturated carbocycles. The van der Waals surface area contributed by atoms with Crippen molar-refractivity contribution in [1.29, 1.82) is 0 Å². The lowest BCUT2D eigenvalue weighted by Crippen LogP contribution is -2.63. The number of benzene rings is 1. The Labute approximate surface area is 289 Å². The smallest absolute Gasteiger partial charge is 0.435 e. The van der Waals surface area contributed by atoms with Crippen LogP contribution >= 0.6 is 15.9 Å². The molecule has 2 amide bonds. The van der Waals surface area contributed by atoms with Crippen LogP contribution in [0.2, 0.25) is 0 Å². The highest BCUT2D eigenvalue weighted by Gasteiger charge is 2.68. The normalized spacial score (nSPS) is 20.5. The molecule has 0 radical (unpaired) electrons. The molecule has 3 aliphatic rings. The van der Waals surface area contributed by atoms with Gasteiger partial charge in [-0.2, -0.15) is 27.1 Å². The average molecular weight is 773 g/mol. The van der Waals surface area contributed by atoms with Gasteiger partial charge < -0.3 is 20.1 Å². The molecule has 266 valence electrons. The molecule has 2 N–H and O–H groups in total. The van der Waals surface area contributed by atoms with E-state index in [2.05, 4.69) is 43.2 Å². The van der Waals surface area contributed by atoms with Crippen LogP contribution in [0.1, 0.15) is 73.1 Å². The molecule has 2 fully saturated rings. The van der Waals surface area contributed by atoms with E-state index in [0.29, 0.717) is 10.7 Å². The number of alkyl halides is 5. The number of aromatic nitrogens is 3. The van der Waals surface area contributed by atoms with Crippen LogP contribution in [0, 0.1) is 29.4 Å². The number of β-amino-alcohol motifs (C(OH)–C–C–N with tert-alkyl or cyclic N) is 1. The molecule has 0 spiro atoms. The van der Waals surface area contributed by atoms with Gasteiger partial charge in [-0.3, -0.25) is 9.48 Å². The van der Waals surface area contributed by atoms with Crippen LogP contribution < -0.4 is 5.32 Å². The number of hydrogen-bond acceptors (Lipinski definition) is 6. The lowest BCUT2D eigenvalue weighted by atomic mass is 9.95. The molecule has 1 saturated heterocycles. The van der Waals surface area contributed by atoms with Crippen LogP contribution in [0.15, 0.2) is 34.8 Å². The van der Waals surface area contributed by atoms with E-state index in [1.54, 1.807) is 20.8 Å². The highest BCUT2D eigenvalue weighted by molar-refractivity contribution is 9.10. The fourth-order valence-electron chi connectivity index (χ4n) is 6.22. The van der Waals surface area contributed by atoms with Gasteiger partial charge in [-0.05, 0) is 91.2 Å². The number of halogens is 8. The Kier molecular flexibility index (Phi) is 8.74. The third kappa shape index (κ3) is 7.18. The minimum absolute atomic E-state index is 0.0648. The summed E-state index contributed by atoms with van der Waals surface area (Å²) in [7, 11) is 0. The summed E-state index contributed by atoms with van der Waals surface area (Å²) in [5.41, 5.74) is -5.14. The van der Waals surface area contributed by atoms with Crippen molar-refractivity contribution in [2.45, 2.75) is 75.4 Å². The van der Waals surface area contributed by atoms with Crippen molar-refractivity contribution in [3.05, 3.63) is 80.3 Å². The van der Waals surface area contributed by atoms with Crippen LogP contribution in [0.4, 0.5) is 35.5 Å². The molecule has 1 aromatic carbocycles. The maximum Gasteiger partial charge on any atom is 0.435 e. The summed E-state index contributed by atoms with van der Waals surface area (Å²) in [4.78, 5) is 31.3. The molecule has 3 aromatic rings. The first-order valence-corrected chi connectivity index (χ1v) is 16.1. The van der Waals surface area contributed by atoms with E-state index >= 15 is 8.78 Å². The number of nitrogens with zero attached hydrogens (tertiary/aromatic N) is 4. The average Bonchev–Trinajstić information content (AvgIpc) is 3.61. The fraction of sp³-hybridized carbons (Fsp3) is 0.455. The van der Waals surface area contributed by atoms with Crippen LogP contribution in [0.25, 0.3) is 0 Å². The molecule has 1 aliphatic heterocycles. The lowest BCUT2D eigenvalue weighted by molar-refractivity contribution is -0.142. The van der Waals surface area contributed by atoms with E-state index in [1.807, 2.05) is 0 Å². The second-order valence-electron chi connectivity index (χ2n) is 13.6. The minimum Gasteiger partial charge on any atom is -0.444 e. The number of carbonyl (C=O) groups excluding carboxylic acids is 2. The van der Waals surface area contributed by atoms with E-state index in [4.69, 9.17) is 4.74 Å². The van der Waals surface area contributed by atoms with E-state index in [1.165, 1.54) is 17.0 Å². The maximum absolute atomic E-state index is 15.1. The number of fused-ring (bicyclic) bond motifs is 3. The Hall–Kier alpha value is -4.17. The second kappa shape index (κ2) is 12.3. The van der Waals surface area contributed by atoms with Gasteiger partial charge in [0.2, 0.25) is 5.91 Å². The topological polar surface area (TPSA) is 110 Å². The van der Waals surface area contributed by atoms with Gasteiger partial charge in [0.05, 0.1) is 24.8 Å². The highest BCUT2D eigenvalue weighted by atomic mass is 79.9. The number of likely N-dealkylation sites (tertiary alicyclic amines) is 1. The zero-order chi connectivity index (χ0) is 36.6. The first kappa shape index (κ1) is 35.6. The summed E-state index contributed by atoms with van der Waals surface area (Å²) in [6.45, 7) is 3.79. The van der Waals surface area contributed by atoms with Crippen molar-refractivity contribution in [1.82, 2.24) is 25.0 Å². The third-order valence-corrected chi connectivity index (χ3v) is 9.04. The predicted molar refractivity (Wildman–Crippen MR) is 164 cm³/mol. The Morgan fingerprint density at radius 1 is 1.14 bits per heavy atom. The van der Waals surface area contributed by atoms with Crippen molar-refractivity contribution >= 4 is 27.9 Å². The standard InChI is InChI=1S/C33H29BrF7N5O4/c1-30(2,3)50-29(48)45-14-31(49,15-45)7-6-19-4-5-22(34)26(42-19)23(10-16-8-17(35)11-18(36)9-16)43-24(47)13-46-28-25(27(44-46)33(39,40)41)20-12-21(20)32(28,37)38/h4-5,8-9,11,20-21,23,49H,10,12-15H2,1-3H3,(H,43,47)/t20-,21-,23?/m0/s1. The second-order valence-corrected chi connectivity index (χ2v) is 14.5. The Morgan fingerprint density at radius 3 is 2.42 bits per heavy atom. The summed E-state index contributed by atoms with van der Waals surface area (Å²) in [6.07, 6.45) is -6.06. The molecule has 2 aromatic heterocycles. The van der Waals surface area contributed by atoms with E-state index < -0.39 is 88.3 Å². The van der Waals surface area contributed by atoms with Gasteiger partial charge in [0.15, 0.2) is 11.3 Å². The maximum atomic E-state index is 15.1. The van der Waals surface area contributed by atoms with Gasteiger partial charge in [-0.1, -0.05) is 5.92 Å². The van der Waals surface area contributed by atoms with Crippen LogP contribution in [0.5, 0.6) is 0 Å². The zero-order valence-electron chi connectivity index (χ0n) is 26.6. The molecular weight excluding hydrogens is 743 g/mol. The number of ether oxygens (including phenoxy) is 1. The quantitative estimate of drug-likeness (QED) is 0.236. The van der Waals surface area contributed by atoms with Crippen LogP contribution in [0.3, 0.4) is 0 Å². The molecular formula is C33H29BrF7N5O4. The summed E-state index contributed by atoms with van der Waals surface area (Å²) < 4.78 is 106. The van der Waals surface area contributed by atoms with Crippen molar-refractivity contribution in [3.63, 3.8) is 0 Å². The summed E-state index contributed by atoms with van der Waals surface area (Å²) in [6, 6.07) is 4.40. The summed E-state index contributed by atoms with van der Waals surface area (Å²) in [5, 5.41) is 16.7. The Morgan fingerprint density at radius 2 is 1.80 bits per heavy atom. The SMILES string of the molecule is CC(C)(C)OC(=O)N1CC(O)(C#Cc2ccc(Br)c(C(Cc3cc(F)cc(F)c3)NC(=O)Cn3nc(C(F)(F)F)c4c3C(F)(F)[C@H]3C[C@H]43)n2)C1. The van der Waals surface area contributed by atoms with Crippen molar-refractivity contribution < 1.29 is 50.2 Å². The van der Waals surface area contributed by atoms with Gasteiger partial charge in [0.1, 0.15) is 35.2 Å². The fourth-order valence-corrected chi connectivity index (χ4v) is 6.72. The van der Waals surface area contributed by atoms with Crippen molar-refractivity contribution in [2.24, 2.45) is 5.92 Å². The van der Waals surface area contributed by atoms with Gasteiger partial charge in [0.25, 0.3) is 5.92 Å². The number of amides is 2. The van der Waals surface area contributed by atoms with Gasteiger partial charge in [0, 0.05) is 22.0 Å². The molecule has 0 bridgehead atoms. The van der Waals surface area contributed by atoms with Crippen LogP contribution in [-0.2, 0) is 34.6 Å². The summed E-state index contributed by atoms with van der Waals surface area (Å²) in [5.74, 6) is -3.44. The number of aliphatic hydroxyl groups is 1. The number of carbonyl (C=O) groups is 2. The first-order chi connectivity index (χ1) is 23.1. The number of pyridine rings is 1. The van der Waals surface area contributed by atoms with E-state index in [0.717, 1.165) is 12.1 Å². The van der Waals surface area contributed by atoms with E-state index in [9.17, 15) is 36.6 Å². The molecule has 3 heterocycles. The van der Waals surface area contributed by atoms with Crippen LogP contribution in [-0.4, -0.2) is 61.1 Å². The van der Waals surface area contributed by atoms with Gasteiger partial charge in [-0.15, -0.1) is 0 Å². The van der Waals surface area contributed by atoms with Crippen molar-refractivity contribution in [2.75, 3.05) is 13.1 Å². The molecule has 2 aliphatic carbocycles. The Balaban J connectivity index is 1.27. The molecule has 17 heteroatoms.